The summed E-state index contributed by atoms with van der Waals surface area (Å²) in [6.45, 7) is 11.5. The molecule has 0 aliphatic carbocycles. The third-order valence-corrected chi connectivity index (χ3v) is 4.65. The van der Waals surface area contributed by atoms with Crippen LogP contribution in [0.15, 0.2) is 30.8 Å². The van der Waals surface area contributed by atoms with Crippen molar-refractivity contribution in [1.29, 1.82) is 0 Å². The molecule has 18 heavy (non-hydrogen) atoms. The summed E-state index contributed by atoms with van der Waals surface area (Å²) < 4.78 is 11.5. The first-order valence-electron chi connectivity index (χ1n) is 6.56. The van der Waals surface area contributed by atoms with E-state index < -0.39 is 8.56 Å². The van der Waals surface area contributed by atoms with Gasteiger partial charge in [0.05, 0.1) is 0 Å². The van der Waals surface area contributed by atoms with Crippen molar-refractivity contribution in [2.24, 2.45) is 0 Å². The molecule has 0 aromatic heterocycles. The third kappa shape index (κ3) is 5.62. The maximum absolute atomic E-state index is 5.84. The standard InChI is InChI=1S/C15H24O2Si/c1-5-14-9-11-15(12-10-14)8-7-13-17-18(3,4)16-6-2/h5,9-12H,1,6-8,13H2,2-4H3. The normalized spacial score (nSPS) is 11.5. The molecule has 0 unspecified atom stereocenters. The molecule has 0 saturated heterocycles. The van der Waals surface area contributed by atoms with Crippen molar-refractivity contribution in [2.75, 3.05) is 13.2 Å². The highest BCUT2D eigenvalue weighted by atomic mass is 28.4. The van der Waals surface area contributed by atoms with Crippen molar-refractivity contribution in [3.8, 4) is 0 Å². The van der Waals surface area contributed by atoms with Crippen molar-refractivity contribution in [2.45, 2.75) is 32.9 Å². The van der Waals surface area contributed by atoms with E-state index in [1.807, 2.05) is 13.0 Å². The van der Waals surface area contributed by atoms with Crippen LogP contribution in [0.25, 0.3) is 6.08 Å². The van der Waals surface area contributed by atoms with Crippen LogP contribution >= 0.6 is 0 Å². The largest absolute Gasteiger partial charge is 0.395 e. The van der Waals surface area contributed by atoms with Gasteiger partial charge in [-0.2, -0.15) is 0 Å². The Morgan fingerprint density at radius 3 is 2.39 bits per heavy atom. The Balaban J connectivity index is 2.27. The SMILES string of the molecule is C=Cc1ccc(CCCO[Si](C)(C)OCC)cc1. The summed E-state index contributed by atoms with van der Waals surface area (Å²) in [7, 11) is -1.87. The van der Waals surface area contributed by atoms with Crippen molar-refractivity contribution in [3.63, 3.8) is 0 Å². The Kier molecular flexibility index (Phi) is 6.33. The maximum Gasteiger partial charge on any atom is 0.331 e. The molecule has 0 spiro atoms. The Morgan fingerprint density at radius 1 is 1.17 bits per heavy atom. The Bertz CT molecular complexity index is 357. The van der Waals surface area contributed by atoms with Crippen LogP contribution in [0.5, 0.6) is 0 Å². The topological polar surface area (TPSA) is 18.5 Å². The van der Waals surface area contributed by atoms with Crippen LogP contribution in [0.3, 0.4) is 0 Å². The molecule has 0 saturated carbocycles. The molecule has 100 valence electrons. The second kappa shape index (κ2) is 7.51. The third-order valence-electron chi connectivity index (χ3n) is 2.77. The van der Waals surface area contributed by atoms with Crippen molar-refractivity contribution >= 4 is 14.6 Å². The average Bonchev–Trinajstić information content (AvgIpc) is 2.35. The summed E-state index contributed by atoms with van der Waals surface area (Å²) in [4.78, 5) is 0. The highest BCUT2D eigenvalue weighted by molar-refractivity contribution is 6.64. The van der Waals surface area contributed by atoms with Gasteiger partial charge >= 0.3 is 8.56 Å². The van der Waals surface area contributed by atoms with E-state index in [4.69, 9.17) is 8.85 Å². The zero-order chi connectivity index (χ0) is 13.4. The average molecular weight is 264 g/mol. The molecule has 1 aromatic rings. The summed E-state index contributed by atoms with van der Waals surface area (Å²) in [5.74, 6) is 0. The highest BCUT2D eigenvalue weighted by Crippen LogP contribution is 2.10. The molecule has 0 radical (unpaired) electrons. The number of rotatable bonds is 8. The lowest BCUT2D eigenvalue weighted by molar-refractivity contribution is 0.185. The van der Waals surface area contributed by atoms with E-state index in [1.165, 1.54) is 11.1 Å². The Hall–Kier alpha value is -0.903. The fourth-order valence-corrected chi connectivity index (χ4v) is 3.22. The first-order chi connectivity index (χ1) is 8.57. The van der Waals surface area contributed by atoms with Gasteiger partial charge in [0.1, 0.15) is 0 Å². The first kappa shape index (κ1) is 15.2. The quantitative estimate of drug-likeness (QED) is 0.521. The van der Waals surface area contributed by atoms with Crippen LogP contribution in [-0.4, -0.2) is 21.8 Å². The van der Waals surface area contributed by atoms with Gasteiger partial charge in [0.15, 0.2) is 0 Å². The fourth-order valence-electron chi connectivity index (χ4n) is 1.80. The van der Waals surface area contributed by atoms with Crippen molar-refractivity contribution in [3.05, 3.63) is 42.0 Å². The van der Waals surface area contributed by atoms with Gasteiger partial charge in [-0.15, -0.1) is 0 Å². The molecule has 0 atom stereocenters. The molecule has 0 heterocycles. The minimum absolute atomic E-state index is 0.738. The summed E-state index contributed by atoms with van der Waals surface area (Å²) in [5.41, 5.74) is 2.51. The smallest absolute Gasteiger partial charge is 0.331 e. The summed E-state index contributed by atoms with van der Waals surface area (Å²) in [6.07, 6.45) is 3.95. The van der Waals surface area contributed by atoms with E-state index >= 15 is 0 Å². The second-order valence-corrected chi connectivity index (χ2v) is 8.11. The predicted octanol–water partition coefficient (Wildman–Crippen LogP) is 4.02. The van der Waals surface area contributed by atoms with Crippen LogP contribution in [0, 0.1) is 0 Å². The summed E-state index contributed by atoms with van der Waals surface area (Å²) >= 11 is 0. The number of benzene rings is 1. The fraction of sp³-hybridized carbons (Fsp3) is 0.467. The molecule has 0 fully saturated rings. The van der Waals surface area contributed by atoms with Gasteiger partial charge in [-0.25, -0.2) is 0 Å². The summed E-state index contributed by atoms with van der Waals surface area (Å²) in [6, 6.07) is 8.51. The van der Waals surface area contributed by atoms with E-state index in [2.05, 4.69) is 43.9 Å². The van der Waals surface area contributed by atoms with E-state index in [1.54, 1.807) is 0 Å². The zero-order valence-corrected chi connectivity index (χ0v) is 12.7. The highest BCUT2D eigenvalue weighted by Gasteiger charge is 2.22. The van der Waals surface area contributed by atoms with E-state index in [0.717, 1.165) is 26.1 Å². The molecule has 0 N–H and O–H groups in total. The minimum Gasteiger partial charge on any atom is -0.395 e. The Labute approximate surface area is 112 Å². The molecule has 1 aromatic carbocycles. The van der Waals surface area contributed by atoms with Gasteiger partial charge in [0, 0.05) is 13.2 Å². The summed E-state index contributed by atoms with van der Waals surface area (Å²) in [5, 5.41) is 0. The van der Waals surface area contributed by atoms with Gasteiger partial charge < -0.3 is 8.85 Å². The lowest BCUT2D eigenvalue weighted by atomic mass is 10.1. The zero-order valence-electron chi connectivity index (χ0n) is 11.7. The molecule has 3 heteroatoms. The lowest BCUT2D eigenvalue weighted by Gasteiger charge is -2.21. The minimum atomic E-state index is -1.87. The number of hydrogen-bond acceptors (Lipinski definition) is 2. The number of aryl methyl sites for hydroxylation is 1. The van der Waals surface area contributed by atoms with Gasteiger partial charge in [-0.3, -0.25) is 0 Å². The van der Waals surface area contributed by atoms with Crippen LogP contribution in [0.2, 0.25) is 13.1 Å². The molecule has 0 bridgehead atoms. The predicted molar refractivity (Wildman–Crippen MR) is 79.9 cm³/mol. The maximum atomic E-state index is 5.84. The van der Waals surface area contributed by atoms with Crippen LogP contribution < -0.4 is 0 Å². The molecular formula is C15H24O2Si. The number of hydrogen-bond donors (Lipinski definition) is 0. The van der Waals surface area contributed by atoms with Crippen LogP contribution in [0.1, 0.15) is 24.5 Å². The molecule has 0 aliphatic heterocycles. The van der Waals surface area contributed by atoms with Crippen molar-refractivity contribution < 1.29 is 8.85 Å². The van der Waals surface area contributed by atoms with E-state index in [-0.39, 0.29) is 0 Å². The van der Waals surface area contributed by atoms with E-state index in [0.29, 0.717) is 0 Å². The molecule has 2 nitrogen and oxygen atoms in total. The van der Waals surface area contributed by atoms with Crippen molar-refractivity contribution in [1.82, 2.24) is 0 Å². The van der Waals surface area contributed by atoms with Gasteiger partial charge in [0.25, 0.3) is 0 Å². The van der Waals surface area contributed by atoms with Gasteiger partial charge in [-0.1, -0.05) is 36.9 Å². The van der Waals surface area contributed by atoms with Crippen LogP contribution in [0.4, 0.5) is 0 Å². The molecule has 0 aliphatic rings. The van der Waals surface area contributed by atoms with Gasteiger partial charge in [-0.05, 0) is 44.0 Å². The van der Waals surface area contributed by atoms with Gasteiger partial charge in [0.2, 0.25) is 0 Å². The molecule has 0 amide bonds. The van der Waals surface area contributed by atoms with Crippen LogP contribution in [-0.2, 0) is 15.3 Å². The lowest BCUT2D eigenvalue weighted by Crippen LogP contribution is -2.35. The molecule has 1 rings (SSSR count). The first-order valence-corrected chi connectivity index (χ1v) is 9.38. The Morgan fingerprint density at radius 2 is 1.83 bits per heavy atom. The second-order valence-electron chi connectivity index (χ2n) is 4.73. The van der Waals surface area contributed by atoms with E-state index in [9.17, 15) is 0 Å². The molecular weight excluding hydrogens is 240 g/mol. The monoisotopic (exact) mass is 264 g/mol.